The van der Waals surface area contributed by atoms with Gasteiger partial charge in [0.05, 0.1) is 0 Å². The summed E-state index contributed by atoms with van der Waals surface area (Å²) in [6, 6.07) is 5.96. The Labute approximate surface area is 125 Å². The highest BCUT2D eigenvalue weighted by Crippen LogP contribution is 2.20. The van der Waals surface area contributed by atoms with Gasteiger partial charge < -0.3 is 10.6 Å². The molecular formula is C15H22ClN3O. The van der Waals surface area contributed by atoms with Gasteiger partial charge in [-0.15, -0.1) is 0 Å². The molecule has 0 radical (unpaired) electrons. The largest absolute Gasteiger partial charge is 0.355 e. The maximum Gasteiger partial charge on any atom is 0.238 e. The van der Waals surface area contributed by atoms with E-state index in [4.69, 9.17) is 11.6 Å². The molecule has 1 aliphatic heterocycles. The molecule has 110 valence electrons. The van der Waals surface area contributed by atoms with Crippen LogP contribution in [0.2, 0.25) is 5.02 Å². The molecule has 1 aliphatic rings. The van der Waals surface area contributed by atoms with Gasteiger partial charge in [-0.1, -0.05) is 23.7 Å². The van der Waals surface area contributed by atoms with Crippen molar-refractivity contribution in [1.82, 2.24) is 15.5 Å². The zero-order chi connectivity index (χ0) is 14.5. The van der Waals surface area contributed by atoms with E-state index in [0.717, 1.165) is 29.2 Å². The quantitative estimate of drug-likeness (QED) is 0.886. The molecule has 1 fully saturated rings. The number of carbonyl (C=O) groups excluding carboxylic acids is 1. The van der Waals surface area contributed by atoms with E-state index in [2.05, 4.69) is 27.7 Å². The molecule has 1 amide bonds. The first-order chi connectivity index (χ1) is 9.61. The van der Waals surface area contributed by atoms with E-state index < -0.39 is 0 Å². The zero-order valence-corrected chi connectivity index (χ0v) is 12.8. The monoisotopic (exact) mass is 295 g/mol. The fraction of sp³-hybridized carbons (Fsp3) is 0.533. The first kappa shape index (κ1) is 15.3. The molecular weight excluding hydrogens is 274 g/mol. The molecule has 0 bridgehead atoms. The lowest BCUT2D eigenvalue weighted by atomic mass is 10.1. The predicted octanol–water partition coefficient (Wildman–Crippen LogP) is 1.56. The van der Waals surface area contributed by atoms with Gasteiger partial charge in [-0.05, 0) is 31.0 Å². The van der Waals surface area contributed by atoms with Crippen molar-refractivity contribution in [2.24, 2.45) is 0 Å². The average molecular weight is 296 g/mol. The van der Waals surface area contributed by atoms with E-state index in [-0.39, 0.29) is 11.9 Å². The van der Waals surface area contributed by atoms with Crippen LogP contribution in [0, 0.1) is 6.92 Å². The number of likely N-dealkylation sites (N-methyl/N-ethyl adjacent to an activating group) is 1. The summed E-state index contributed by atoms with van der Waals surface area (Å²) in [5.41, 5.74) is 2.23. The third-order valence-corrected chi connectivity index (χ3v) is 3.94. The highest BCUT2D eigenvalue weighted by molar-refractivity contribution is 6.31. The van der Waals surface area contributed by atoms with Crippen molar-refractivity contribution in [2.45, 2.75) is 26.4 Å². The van der Waals surface area contributed by atoms with Gasteiger partial charge in [0.15, 0.2) is 0 Å². The van der Waals surface area contributed by atoms with Gasteiger partial charge in [0.25, 0.3) is 0 Å². The molecule has 1 saturated heterocycles. The molecule has 2 rings (SSSR count). The summed E-state index contributed by atoms with van der Waals surface area (Å²) >= 11 is 6.29. The van der Waals surface area contributed by atoms with Crippen molar-refractivity contribution in [2.75, 3.05) is 26.2 Å². The number of hydrogen-bond acceptors (Lipinski definition) is 3. The minimum Gasteiger partial charge on any atom is -0.355 e. The normalized spacial score (nSPS) is 19.9. The number of carbonyl (C=O) groups is 1. The predicted molar refractivity (Wildman–Crippen MR) is 81.9 cm³/mol. The second-order valence-corrected chi connectivity index (χ2v) is 5.59. The summed E-state index contributed by atoms with van der Waals surface area (Å²) < 4.78 is 0. The summed E-state index contributed by atoms with van der Waals surface area (Å²) in [4.78, 5) is 14.3. The van der Waals surface area contributed by atoms with E-state index in [1.165, 1.54) is 0 Å². The van der Waals surface area contributed by atoms with E-state index in [1.54, 1.807) is 0 Å². The first-order valence-corrected chi connectivity index (χ1v) is 7.47. The van der Waals surface area contributed by atoms with Crippen molar-refractivity contribution in [3.8, 4) is 0 Å². The van der Waals surface area contributed by atoms with Gasteiger partial charge >= 0.3 is 0 Å². The molecule has 2 N–H and O–H groups in total. The third-order valence-electron chi connectivity index (χ3n) is 3.59. The Hall–Kier alpha value is -1.10. The first-order valence-electron chi connectivity index (χ1n) is 7.09. The minimum atomic E-state index is -0.124. The molecule has 0 aliphatic carbocycles. The Morgan fingerprint density at radius 1 is 1.55 bits per heavy atom. The number of amides is 1. The number of rotatable bonds is 4. The molecule has 1 unspecified atom stereocenters. The van der Waals surface area contributed by atoms with Crippen LogP contribution in [0.25, 0.3) is 0 Å². The van der Waals surface area contributed by atoms with E-state index in [9.17, 15) is 4.79 Å². The van der Waals surface area contributed by atoms with E-state index in [0.29, 0.717) is 19.6 Å². The average Bonchev–Trinajstić information content (AvgIpc) is 2.43. The highest BCUT2D eigenvalue weighted by Gasteiger charge is 2.28. The SMILES string of the molecule is CCNC(=O)C1CNCCN1Cc1ccc(C)cc1Cl. The molecule has 1 atom stereocenters. The molecule has 0 spiro atoms. The lowest BCUT2D eigenvalue weighted by Crippen LogP contribution is -2.57. The van der Waals surface area contributed by atoms with Crippen molar-refractivity contribution in [3.63, 3.8) is 0 Å². The van der Waals surface area contributed by atoms with Crippen molar-refractivity contribution in [3.05, 3.63) is 34.3 Å². The van der Waals surface area contributed by atoms with Crippen LogP contribution in [0.1, 0.15) is 18.1 Å². The molecule has 0 aromatic heterocycles. The molecule has 1 aromatic carbocycles. The number of halogens is 1. The van der Waals surface area contributed by atoms with Gasteiger partial charge in [-0.25, -0.2) is 0 Å². The summed E-state index contributed by atoms with van der Waals surface area (Å²) in [6.07, 6.45) is 0. The molecule has 4 nitrogen and oxygen atoms in total. The molecule has 1 aromatic rings. The Balaban J connectivity index is 2.10. The van der Waals surface area contributed by atoms with Crippen molar-refractivity contribution in [1.29, 1.82) is 0 Å². The Morgan fingerprint density at radius 3 is 3.05 bits per heavy atom. The van der Waals surface area contributed by atoms with Crippen LogP contribution >= 0.6 is 11.6 Å². The highest BCUT2D eigenvalue weighted by atomic mass is 35.5. The third kappa shape index (κ3) is 3.72. The van der Waals surface area contributed by atoms with Crippen LogP contribution in [0.3, 0.4) is 0 Å². The van der Waals surface area contributed by atoms with E-state index in [1.807, 2.05) is 19.9 Å². The number of hydrogen-bond donors (Lipinski definition) is 2. The molecule has 5 heteroatoms. The van der Waals surface area contributed by atoms with Crippen LogP contribution in [-0.2, 0) is 11.3 Å². The summed E-state index contributed by atoms with van der Waals surface area (Å²) in [5.74, 6) is 0.0861. The van der Waals surface area contributed by atoms with Crippen LogP contribution in [0.5, 0.6) is 0 Å². The number of benzene rings is 1. The van der Waals surface area contributed by atoms with E-state index >= 15 is 0 Å². The number of piperazine rings is 1. The van der Waals surface area contributed by atoms with Gasteiger partial charge in [0.2, 0.25) is 5.91 Å². The summed E-state index contributed by atoms with van der Waals surface area (Å²) in [7, 11) is 0. The maximum absolute atomic E-state index is 12.1. The fourth-order valence-electron chi connectivity index (χ4n) is 2.49. The minimum absolute atomic E-state index is 0.0861. The Bertz CT molecular complexity index is 478. The number of nitrogens with zero attached hydrogens (tertiary/aromatic N) is 1. The summed E-state index contributed by atoms with van der Waals surface area (Å²) in [6.45, 7) is 7.78. The van der Waals surface area contributed by atoms with Crippen LogP contribution < -0.4 is 10.6 Å². The maximum atomic E-state index is 12.1. The van der Waals surface area contributed by atoms with Crippen LogP contribution in [0.4, 0.5) is 0 Å². The Kier molecular flexibility index (Phi) is 5.40. The summed E-state index contributed by atoms with van der Waals surface area (Å²) in [5, 5.41) is 6.96. The topological polar surface area (TPSA) is 44.4 Å². The lowest BCUT2D eigenvalue weighted by Gasteiger charge is -2.35. The van der Waals surface area contributed by atoms with Crippen LogP contribution in [-0.4, -0.2) is 43.0 Å². The van der Waals surface area contributed by atoms with Gasteiger partial charge in [-0.3, -0.25) is 9.69 Å². The smallest absolute Gasteiger partial charge is 0.238 e. The zero-order valence-electron chi connectivity index (χ0n) is 12.1. The molecule has 0 saturated carbocycles. The lowest BCUT2D eigenvalue weighted by molar-refractivity contribution is -0.127. The fourth-order valence-corrected chi connectivity index (χ4v) is 2.78. The second kappa shape index (κ2) is 7.07. The number of aryl methyl sites for hydroxylation is 1. The van der Waals surface area contributed by atoms with Crippen molar-refractivity contribution < 1.29 is 4.79 Å². The van der Waals surface area contributed by atoms with Gasteiger partial charge in [0.1, 0.15) is 6.04 Å². The Morgan fingerprint density at radius 2 is 2.35 bits per heavy atom. The van der Waals surface area contributed by atoms with Gasteiger partial charge in [-0.2, -0.15) is 0 Å². The second-order valence-electron chi connectivity index (χ2n) is 5.18. The van der Waals surface area contributed by atoms with Gasteiger partial charge in [0, 0.05) is 37.7 Å². The molecule has 1 heterocycles. The molecule has 20 heavy (non-hydrogen) atoms. The standard InChI is InChI=1S/C15H22ClN3O/c1-3-18-15(20)14-9-17-6-7-19(14)10-12-5-4-11(2)8-13(12)16/h4-5,8,14,17H,3,6-7,9-10H2,1-2H3,(H,18,20). The van der Waals surface area contributed by atoms with Crippen molar-refractivity contribution >= 4 is 17.5 Å². The number of nitrogens with one attached hydrogen (secondary N) is 2. The van der Waals surface area contributed by atoms with Crippen LogP contribution in [0.15, 0.2) is 18.2 Å².